The van der Waals surface area contributed by atoms with Gasteiger partial charge in [-0.15, -0.1) is 11.3 Å². The first-order valence-corrected chi connectivity index (χ1v) is 8.90. The lowest BCUT2D eigenvalue weighted by atomic mass is 9.97. The molecule has 0 aliphatic heterocycles. The van der Waals surface area contributed by atoms with Crippen LogP contribution in [0, 0.1) is 11.8 Å². The van der Waals surface area contributed by atoms with Crippen molar-refractivity contribution in [3.63, 3.8) is 0 Å². The third-order valence-corrected chi connectivity index (χ3v) is 6.59. The molecule has 0 amide bonds. The molecular formula is C17H27NS. The molecule has 0 aromatic carbocycles. The maximum atomic E-state index is 3.79. The van der Waals surface area contributed by atoms with Gasteiger partial charge in [-0.2, -0.15) is 0 Å². The molecule has 1 fully saturated rings. The SMILES string of the molecule is CC(NCC1CCCC1C)c1cc2c(s1)CCCC2. The van der Waals surface area contributed by atoms with E-state index in [0.717, 1.165) is 11.8 Å². The van der Waals surface area contributed by atoms with Gasteiger partial charge in [0.25, 0.3) is 0 Å². The molecule has 0 saturated heterocycles. The number of thiophene rings is 1. The van der Waals surface area contributed by atoms with E-state index in [1.165, 1.54) is 51.5 Å². The van der Waals surface area contributed by atoms with E-state index in [9.17, 15) is 0 Å². The van der Waals surface area contributed by atoms with Crippen molar-refractivity contribution in [2.75, 3.05) is 6.54 Å². The summed E-state index contributed by atoms with van der Waals surface area (Å²) in [6.45, 7) is 5.98. The quantitative estimate of drug-likeness (QED) is 0.840. The maximum Gasteiger partial charge on any atom is 0.0386 e. The fraction of sp³-hybridized carbons (Fsp3) is 0.765. The topological polar surface area (TPSA) is 12.0 Å². The van der Waals surface area contributed by atoms with Crippen LogP contribution in [-0.4, -0.2) is 6.54 Å². The van der Waals surface area contributed by atoms with E-state index in [1.807, 2.05) is 0 Å². The Kier molecular flexibility index (Phi) is 4.28. The van der Waals surface area contributed by atoms with Crippen LogP contribution in [0.2, 0.25) is 0 Å². The highest BCUT2D eigenvalue weighted by Gasteiger charge is 2.24. The van der Waals surface area contributed by atoms with Gasteiger partial charge in [0.1, 0.15) is 0 Å². The van der Waals surface area contributed by atoms with Crippen molar-refractivity contribution in [2.45, 2.75) is 64.8 Å². The van der Waals surface area contributed by atoms with E-state index >= 15 is 0 Å². The highest BCUT2D eigenvalue weighted by molar-refractivity contribution is 7.12. The number of nitrogens with one attached hydrogen (secondary N) is 1. The van der Waals surface area contributed by atoms with E-state index in [4.69, 9.17) is 0 Å². The number of hydrogen-bond donors (Lipinski definition) is 1. The third-order valence-electron chi connectivity index (χ3n) is 5.17. The lowest BCUT2D eigenvalue weighted by Crippen LogP contribution is -2.26. The van der Waals surface area contributed by atoms with Gasteiger partial charge in [-0.3, -0.25) is 0 Å². The molecular weight excluding hydrogens is 250 g/mol. The number of fused-ring (bicyclic) bond motifs is 1. The Hall–Kier alpha value is -0.340. The smallest absolute Gasteiger partial charge is 0.0386 e. The van der Waals surface area contributed by atoms with Crippen LogP contribution in [0.3, 0.4) is 0 Å². The van der Waals surface area contributed by atoms with Gasteiger partial charge in [-0.1, -0.05) is 19.8 Å². The molecule has 1 aromatic rings. The Morgan fingerprint density at radius 3 is 2.84 bits per heavy atom. The Morgan fingerprint density at radius 1 is 1.26 bits per heavy atom. The van der Waals surface area contributed by atoms with E-state index < -0.39 is 0 Å². The minimum Gasteiger partial charge on any atom is -0.309 e. The minimum absolute atomic E-state index is 0.545. The third kappa shape index (κ3) is 3.05. The van der Waals surface area contributed by atoms with Crippen LogP contribution >= 0.6 is 11.3 Å². The van der Waals surface area contributed by atoms with Crippen molar-refractivity contribution >= 4 is 11.3 Å². The molecule has 0 radical (unpaired) electrons. The predicted octanol–water partition coefficient (Wildman–Crippen LogP) is 4.71. The molecule has 3 rings (SSSR count). The molecule has 1 aromatic heterocycles. The van der Waals surface area contributed by atoms with Gasteiger partial charge in [0.15, 0.2) is 0 Å². The van der Waals surface area contributed by atoms with Gasteiger partial charge in [0.2, 0.25) is 0 Å². The normalized spacial score (nSPS) is 28.3. The minimum atomic E-state index is 0.545. The molecule has 2 aliphatic rings. The van der Waals surface area contributed by atoms with Gasteiger partial charge < -0.3 is 5.32 Å². The summed E-state index contributed by atoms with van der Waals surface area (Å²) in [7, 11) is 0. The molecule has 0 bridgehead atoms. The Morgan fingerprint density at radius 2 is 2.11 bits per heavy atom. The van der Waals surface area contributed by atoms with Crippen LogP contribution in [0.25, 0.3) is 0 Å². The first kappa shape index (κ1) is 13.6. The van der Waals surface area contributed by atoms with Gasteiger partial charge in [0, 0.05) is 15.8 Å². The Labute approximate surface area is 121 Å². The highest BCUT2D eigenvalue weighted by atomic mass is 32.1. The number of rotatable bonds is 4. The molecule has 3 unspecified atom stereocenters. The molecule has 1 heterocycles. The van der Waals surface area contributed by atoms with E-state index in [0.29, 0.717) is 6.04 Å². The van der Waals surface area contributed by atoms with Crippen LogP contribution in [-0.2, 0) is 12.8 Å². The molecule has 1 N–H and O–H groups in total. The lowest BCUT2D eigenvalue weighted by Gasteiger charge is -2.19. The zero-order chi connectivity index (χ0) is 13.2. The van der Waals surface area contributed by atoms with Crippen LogP contribution in [0.15, 0.2) is 6.07 Å². The van der Waals surface area contributed by atoms with Crippen molar-refractivity contribution in [3.8, 4) is 0 Å². The van der Waals surface area contributed by atoms with Crippen LogP contribution in [0.1, 0.15) is 67.3 Å². The zero-order valence-corrected chi connectivity index (χ0v) is 13.2. The van der Waals surface area contributed by atoms with E-state index in [-0.39, 0.29) is 0 Å². The summed E-state index contributed by atoms with van der Waals surface area (Å²) in [5.41, 5.74) is 1.65. The standard InChI is InChI=1S/C17H27NS/c1-12-6-5-8-15(12)11-18-13(2)17-10-14-7-3-4-9-16(14)19-17/h10,12-13,15,18H,3-9,11H2,1-2H3. The number of hydrogen-bond acceptors (Lipinski definition) is 2. The molecule has 1 saturated carbocycles. The van der Waals surface area contributed by atoms with Crippen molar-refractivity contribution in [2.24, 2.45) is 11.8 Å². The lowest BCUT2D eigenvalue weighted by molar-refractivity contribution is 0.376. The summed E-state index contributed by atoms with van der Waals surface area (Å²) < 4.78 is 0. The molecule has 19 heavy (non-hydrogen) atoms. The Bertz CT molecular complexity index is 399. The molecule has 0 spiro atoms. The second kappa shape index (κ2) is 5.97. The van der Waals surface area contributed by atoms with E-state index in [2.05, 4.69) is 36.6 Å². The summed E-state index contributed by atoms with van der Waals surface area (Å²) >= 11 is 2.06. The summed E-state index contributed by atoms with van der Waals surface area (Å²) in [5.74, 6) is 1.84. The number of aryl methyl sites for hydroxylation is 2. The van der Waals surface area contributed by atoms with Crippen LogP contribution in [0.4, 0.5) is 0 Å². The van der Waals surface area contributed by atoms with E-state index in [1.54, 1.807) is 15.3 Å². The first-order chi connectivity index (χ1) is 9.24. The second-order valence-electron chi connectivity index (χ2n) is 6.60. The molecule has 106 valence electrons. The molecule has 2 aliphatic carbocycles. The zero-order valence-electron chi connectivity index (χ0n) is 12.4. The van der Waals surface area contributed by atoms with Gasteiger partial charge in [-0.05, 0) is 69.0 Å². The molecule has 2 heteroatoms. The van der Waals surface area contributed by atoms with Gasteiger partial charge in [-0.25, -0.2) is 0 Å². The van der Waals surface area contributed by atoms with Crippen LogP contribution < -0.4 is 5.32 Å². The summed E-state index contributed by atoms with van der Waals surface area (Å²) in [4.78, 5) is 3.24. The average molecular weight is 277 g/mol. The summed E-state index contributed by atoms with van der Waals surface area (Å²) in [6.07, 6.45) is 9.74. The summed E-state index contributed by atoms with van der Waals surface area (Å²) in [6, 6.07) is 3.03. The largest absolute Gasteiger partial charge is 0.309 e. The van der Waals surface area contributed by atoms with Gasteiger partial charge >= 0.3 is 0 Å². The van der Waals surface area contributed by atoms with Crippen LogP contribution in [0.5, 0.6) is 0 Å². The summed E-state index contributed by atoms with van der Waals surface area (Å²) in [5, 5.41) is 3.79. The second-order valence-corrected chi connectivity index (χ2v) is 7.77. The van der Waals surface area contributed by atoms with Crippen molar-refractivity contribution < 1.29 is 0 Å². The van der Waals surface area contributed by atoms with Gasteiger partial charge in [0.05, 0.1) is 0 Å². The van der Waals surface area contributed by atoms with Crippen molar-refractivity contribution in [3.05, 3.63) is 21.4 Å². The fourth-order valence-electron chi connectivity index (χ4n) is 3.68. The van der Waals surface area contributed by atoms with Crippen molar-refractivity contribution in [1.82, 2.24) is 5.32 Å². The monoisotopic (exact) mass is 277 g/mol. The maximum absolute atomic E-state index is 3.79. The molecule has 1 nitrogen and oxygen atoms in total. The fourth-order valence-corrected chi connectivity index (χ4v) is 4.97. The first-order valence-electron chi connectivity index (χ1n) is 8.09. The average Bonchev–Trinajstić information content (AvgIpc) is 3.01. The molecule has 3 atom stereocenters. The Balaban J connectivity index is 1.57. The van der Waals surface area contributed by atoms with Crippen molar-refractivity contribution in [1.29, 1.82) is 0 Å². The predicted molar refractivity (Wildman–Crippen MR) is 83.9 cm³/mol. The highest BCUT2D eigenvalue weighted by Crippen LogP contribution is 2.34.